The molecular formula is C17H23NO3. The van der Waals surface area contributed by atoms with Gasteiger partial charge in [0.25, 0.3) is 0 Å². The number of ether oxygens (including phenoxy) is 1. The molecule has 3 rings (SSSR count). The highest BCUT2D eigenvalue weighted by Crippen LogP contribution is 2.34. The Labute approximate surface area is 125 Å². The molecule has 1 aliphatic carbocycles. The SMILES string of the molecule is O=C(O)C1c2ccccc2OCCN1CC1CCCCC1. The van der Waals surface area contributed by atoms with Crippen LogP contribution in [-0.2, 0) is 4.79 Å². The lowest BCUT2D eigenvalue weighted by Crippen LogP contribution is -2.39. The number of hydrogen-bond donors (Lipinski definition) is 1. The maximum absolute atomic E-state index is 11.8. The number of aliphatic carboxylic acids is 1. The summed E-state index contributed by atoms with van der Waals surface area (Å²) in [7, 11) is 0. The normalized spacial score (nSPS) is 23.9. The molecular weight excluding hydrogens is 266 g/mol. The summed E-state index contributed by atoms with van der Waals surface area (Å²) in [6.07, 6.45) is 6.34. The van der Waals surface area contributed by atoms with Gasteiger partial charge in [-0.1, -0.05) is 37.5 Å². The molecule has 2 aliphatic rings. The Kier molecular flexibility index (Phi) is 4.44. The van der Waals surface area contributed by atoms with Gasteiger partial charge in [-0.3, -0.25) is 9.69 Å². The van der Waals surface area contributed by atoms with Crippen LogP contribution in [0, 0.1) is 5.92 Å². The van der Waals surface area contributed by atoms with Crippen LogP contribution in [0.3, 0.4) is 0 Å². The lowest BCUT2D eigenvalue weighted by Gasteiger charge is -2.32. The molecule has 1 atom stereocenters. The highest BCUT2D eigenvalue weighted by molar-refractivity contribution is 5.76. The molecule has 0 radical (unpaired) electrons. The van der Waals surface area contributed by atoms with Gasteiger partial charge in [0.05, 0.1) is 0 Å². The molecule has 1 aromatic carbocycles. The summed E-state index contributed by atoms with van der Waals surface area (Å²) in [5.74, 6) is 0.575. The quantitative estimate of drug-likeness (QED) is 0.929. The van der Waals surface area contributed by atoms with Gasteiger partial charge in [-0.15, -0.1) is 0 Å². The summed E-state index contributed by atoms with van der Waals surface area (Å²) in [4.78, 5) is 13.9. The van der Waals surface area contributed by atoms with Crippen molar-refractivity contribution < 1.29 is 14.6 Å². The largest absolute Gasteiger partial charge is 0.492 e. The number of para-hydroxylation sites is 1. The lowest BCUT2D eigenvalue weighted by molar-refractivity contribution is -0.143. The minimum atomic E-state index is -0.774. The Morgan fingerprint density at radius 2 is 2.00 bits per heavy atom. The van der Waals surface area contributed by atoms with Crippen molar-refractivity contribution >= 4 is 5.97 Å². The number of carboxylic acids is 1. The average Bonchev–Trinajstić information content (AvgIpc) is 2.67. The molecule has 4 nitrogen and oxygen atoms in total. The number of nitrogens with zero attached hydrogens (tertiary/aromatic N) is 1. The summed E-state index contributed by atoms with van der Waals surface area (Å²) < 4.78 is 5.74. The van der Waals surface area contributed by atoms with Gasteiger partial charge in [0.15, 0.2) is 0 Å². The zero-order chi connectivity index (χ0) is 14.7. The van der Waals surface area contributed by atoms with E-state index in [9.17, 15) is 9.90 Å². The fraction of sp³-hybridized carbons (Fsp3) is 0.588. The fourth-order valence-corrected chi connectivity index (χ4v) is 3.62. The highest BCUT2D eigenvalue weighted by atomic mass is 16.5. The van der Waals surface area contributed by atoms with Gasteiger partial charge >= 0.3 is 5.97 Å². The van der Waals surface area contributed by atoms with Crippen molar-refractivity contribution in [1.29, 1.82) is 0 Å². The Hall–Kier alpha value is -1.55. The number of rotatable bonds is 3. The summed E-state index contributed by atoms with van der Waals surface area (Å²) in [6, 6.07) is 6.96. The van der Waals surface area contributed by atoms with Crippen molar-refractivity contribution in [3.05, 3.63) is 29.8 Å². The molecule has 4 heteroatoms. The van der Waals surface area contributed by atoms with E-state index in [0.29, 0.717) is 19.1 Å². The molecule has 0 spiro atoms. The predicted octanol–water partition coefficient (Wildman–Crippen LogP) is 3.09. The van der Waals surface area contributed by atoms with Crippen LogP contribution in [0.2, 0.25) is 0 Å². The van der Waals surface area contributed by atoms with Gasteiger partial charge in [0.1, 0.15) is 18.4 Å². The molecule has 1 heterocycles. The number of hydrogen-bond acceptors (Lipinski definition) is 3. The van der Waals surface area contributed by atoms with E-state index < -0.39 is 12.0 Å². The van der Waals surface area contributed by atoms with Crippen molar-refractivity contribution in [1.82, 2.24) is 4.90 Å². The second kappa shape index (κ2) is 6.48. The van der Waals surface area contributed by atoms with E-state index >= 15 is 0 Å². The van der Waals surface area contributed by atoms with E-state index in [1.54, 1.807) is 0 Å². The minimum Gasteiger partial charge on any atom is -0.492 e. The summed E-state index contributed by atoms with van der Waals surface area (Å²) in [5, 5.41) is 9.71. The zero-order valence-corrected chi connectivity index (χ0v) is 12.3. The molecule has 21 heavy (non-hydrogen) atoms. The van der Waals surface area contributed by atoms with Gasteiger partial charge < -0.3 is 9.84 Å². The number of benzene rings is 1. The van der Waals surface area contributed by atoms with Gasteiger partial charge in [-0.2, -0.15) is 0 Å². The third-order valence-corrected chi connectivity index (χ3v) is 4.67. The Balaban J connectivity index is 1.83. The first kappa shape index (κ1) is 14.4. The first-order valence-electron chi connectivity index (χ1n) is 7.94. The Bertz CT molecular complexity index is 497. The molecule has 1 fully saturated rings. The molecule has 1 unspecified atom stereocenters. The minimum absolute atomic E-state index is 0.563. The maximum Gasteiger partial charge on any atom is 0.325 e. The van der Waals surface area contributed by atoms with Crippen molar-refractivity contribution in [2.24, 2.45) is 5.92 Å². The van der Waals surface area contributed by atoms with Crippen LogP contribution >= 0.6 is 0 Å². The second-order valence-corrected chi connectivity index (χ2v) is 6.13. The van der Waals surface area contributed by atoms with Crippen LogP contribution < -0.4 is 4.74 Å². The Morgan fingerprint density at radius 1 is 1.24 bits per heavy atom. The Morgan fingerprint density at radius 3 is 2.76 bits per heavy atom. The van der Waals surface area contributed by atoms with Gasteiger partial charge in [-0.05, 0) is 24.8 Å². The van der Waals surface area contributed by atoms with Crippen LogP contribution in [0.25, 0.3) is 0 Å². The summed E-state index contributed by atoms with van der Waals surface area (Å²) >= 11 is 0. The third kappa shape index (κ3) is 3.21. The topological polar surface area (TPSA) is 49.8 Å². The molecule has 1 aromatic rings. The van der Waals surface area contributed by atoms with Gasteiger partial charge in [-0.25, -0.2) is 0 Å². The zero-order valence-electron chi connectivity index (χ0n) is 12.3. The van der Waals surface area contributed by atoms with E-state index in [0.717, 1.165) is 17.9 Å². The molecule has 0 aromatic heterocycles. The van der Waals surface area contributed by atoms with Crippen molar-refractivity contribution in [3.8, 4) is 5.75 Å². The van der Waals surface area contributed by atoms with Crippen LogP contribution in [0.1, 0.15) is 43.7 Å². The number of carboxylic acid groups (broad SMARTS) is 1. The smallest absolute Gasteiger partial charge is 0.325 e. The maximum atomic E-state index is 11.8. The first-order valence-corrected chi connectivity index (χ1v) is 7.94. The molecule has 1 aliphatic heterocycles. The van der Waals surface area contributed by atoms with E-state index in [2.05, 4.69) is 4.90 Å². The van der Waals surface area contributed by atoms with Crippen LogP contribution in [0.15, 0.2) is 24.3 Å². The molecule has 0 amide bonds. The average molecular weight is 289 g/mol. The molecule has 0 saturated heterocycles. The third-order valence-electron chi connectivity index (χ3n) is 4.67. The molecule has 1 N–H and O–H groups in total. The van der Waals surface area contributed by atoms with E-state index in [1.165, 1.54) is 32.1 Å². The number of fused-ring (bicyclic) bond motifs is 1. The van der Waals surface area contributed by atoms with Crippen molar-refractivity contribution in [2.45, 2.75) is 38.1 Å². The fourth-order valence-electron chi connectivity index (χ4n) is 3.62. The monoisotopic (exact) mass is 289 g/mol. The van der Waals surface area contributed by atoms with E-state index in [4.69, 9.17) is 4.74 Å². The lowest BCUT2D eigenvalue weighted by atomic mass is 9.88. The summed E-state index contributed by atoms with van der Waals surface area (Å²) in [6.45, 7) is 2.12. The standard InChI is InChI=1S/C17H23NO3/c19-17(20)16-14-8-4-5-9-15(14)21-11-10-18(16)12-13-6-2-1-3-7-13/h4-5,8-9,13,16H,1-3,6-7,10-12H2,(H,19,20). The van der Waals surface area contributed by atoms with Crippen molar-refractivity contribution in [2.75, 3.05) is 19.7 Å². The predicted molar refractivity (Wildman–Crippen MR) is 80.5 cm³/mol. The number of carbonyl (C=O) groups is 1. The van der Waals surface area contributed by atoms with Crippen LogP contribution in [0.4, 0.5) is 0 Å². The molecule has 114 valence electrons. The van der Waals surface area contributed by atoms with Crippen LogP contribution in [0.5, 0.6) is 5.75 Å². The van der Waals surface area contributed by atoms with E-state index in [-0.39, 0.29) is 0 Å². The van der Waals surface area contributed by atoms with Crippen LogP contribution in [-0.4, -0.2) is 35.7 Å². The van der Waals surface area contributed by atoms with Gasteiger partial charge in [0, 0.05) is 18.7 Å². The second-order valence-electron chi connectivity index (χ2n) is 6.13. The van der Waals surface area contributed by atoms with Crippen molar-refractivity contribution in [3.63, 3.8) is 0 Å². The summed E-state index contributed by atoms with van der Waals surface area (Å²) in [5.41, 5.74) is 0.790. The first-order chi connectivity index (χ1) is 10.3. The van der Waals surface area contributed by atoms with Gasteiger partial charge in [0.2, 0.25) is 0 Å². The highest BCUT2D eigenvalue weighted by Gasteiger charge is 2.33. The molecule has 0 bridgehead atoms. The van der Waals surface area contributed by atoms with E-state index in [1.807, 2.05) is 24.3 Å². The molecule has 1 saturated carbocycles.